The van der Waals surface area contributed by atoms with Gasteiger partial charge in [-0.2, -0.15) is 4.31 Å². The minimum absolute atomic E-state index is 0.153. The van der Waals surface area contributed by atoms with Crippen LogP contribution in [0.4, 0.5) is 8.78 Å². The first kappa shape index (κ1) is 17.8. The molecule has 0 unspecified atom stereocenters. The van der Waals surface area contributed by atoms with Crippen molar-refractivity contribution >= 4 is 19.9 Å². The van der Waals surface area contributed by atoms with Gasteiger partial charge in [0.1, 0.15) is 11.6 Å². The number of rotatable bonds is 4. The number of hydrogen-bond donors (Lipinski definition) is 0. The fourth-order valence-electron chi connectivity index (χ4n) is 3.30. The van der Waals surface area contributed by atoms with E-state index in [1.54, 1.807) is 0 Å². The van der Waals surface area contributed by atoms with E-state index in [1.807, 2.05) is 0 Å². The van der Waals surface area contributed by atoms with E-state index in [0.29, 0.717) is 18.9 Å². The quantitative estimate of drug-likeness (QED) is 0.803. The summed E-state index contributed by atoms with van der Waals surface area (Å²) in [5.41, 5.74) is 0. The largest absolute Gasteiger partial charge is 0.243 e. The number of sulfonamides is 1. The molecule has 0 bridgehead atoms. The number of halogens is 2. The Bertz CT molecular complexity index is 807. The highest BCUT2D eigenvalue weighted by atomic mass is 32.2. The Labute approximate surface area is 140 Å². The maximum absolute atomic E-state index is 13.2. The summed E-state index contributed by atoms with van der Waals surface area (Å²) in [4.78, 5) is -0.492. The van der Waals surface area contributed by atoms with Gasteiger partial charge in [-0.25, -0.2) is 25.6 Å². The molecule has 1 aromatic carbocycles. The fourth-order valence-corrected chi connectivity index (χ4v) is 7.37. The molecule has 2 aliphatic rings. The third-order valence-corrected chi connectivity index (χ3v) is 9.21. The van der Waals surface area contributed by atoms with Crippen LogP contribution in [0.1, 0.15) is 32.1 Å². The molecule has 1 saturated carbocycles. The van der Waals surface area contributed by atoms with Crippen LogP contribution in [0.2, 0.25) is 0 Å². The average Bonchev–Trinajstić information content (AvgIpc) is 2.45. The molecule has 1 aromatic rings. The highest BCUT2D eigenvalue weighted by Crippen LogP contribution is 2.32. The van der Waals surface area contributed by atoms with Gasteiger partial charge in [0.15, 0.2) is 9.84 Å². The van der Waals surface area contributed by atoms with Gasteiger partial charge in [-0.3, -0.25) is 0 Å². The van der Waals surface area contributed by atoms with Gasteiger partial charge in [0, 0.05) is 19.2 Å². The van der Waals surface area contributed by atoms with Crippen LogP contribution in [0.3, 0.4) is 0 Å². The van der Waals surface area contributed by atoms with E-state index in [4.69, 9.17) is 0 Å². The summed E-state index contributed by atoms with van der Waals surface area (Å²) < 4.78 is 77.3. The van der Waals surface area contributed by atoms with Gasteiger partial charge in [-0.15, -0.1) is 0 Å². The zero-order valence-electron chi connectivity index (χ0n) is 13.0. The van der Waals surface area contributed by atoms with Crippen LogP contribution in [0.25, 0.3) is 0 Å². The van der Waals surface area contributed by atoms with Crippen LogP contribution in [-0.4, -0.2) is 44.7 Å². The third-order valence-electron chi connectivity index (χ3n) is 4.77. The second-order valence-electron chi connectivity index (χ2n) is 6.40. The average molecular weight is 379 g/mol. The van der Waals surface area contributed by atoms with Crippen LogP contribution < -0.4 is 0 Å². The summed E-state index contributed by atoms with van der Waals surface area (Å²) >= 11 is 0. The Morgan fingerprint density at radius 1 is 0.833 bits per heavy atom. The van der Waals surface area contributed by atoms with Crippen molar-refractivity contribution in [1.29, 1.82) is 0 Å². The first-order chi connectivity index (χ1) is 11.2. The summed E-state index contributed by atoms with van der Waals surface area (Å²) in [5, 5.41) is -1.12. The molecule has 2 fully saturated rings. The van der Waals surface area contributed by atoms with Gasteiger partial charge < -0.3 is 0 Å². The van der Waals surface area contributed by atoms with Crippen molar-refractivity contribution in [2.24, 2.45) is 0 Å². The first-order valence-corrected chi connectivity index (χ1v) is 10.9. The lowest BCUT2D eigenvalue weighted by atomic mass is 10.0. The molecule has 0 amide bonds. The van der Waals surface area contributed by atoms with Crippen LogP contribution in [-0.2, 0) is 19.9 Å². The molecule has 0 aromatic heterocycles. The van der Waals surface area contributed by atoms with Gasteiger partial charge in [0.2, 0.25) is 10.0 Å². The molecular weight excluding hydrogens is 360 g/mol. The summed E-state index contributed by atoms with van der Waals surface area (Å²) in [6.45, 7) is -0.307. The number of sulfone groups is 1. The van der Waals surface area contributed by atoms with Crippen molar-refractivity contribution < 1.29 is 25.6 Å². The highest BCUT2D eigenvalue weighted by molar-refractivity contribution is 7.93. The van der Waals surface area contributed by atoms with Crippen molar-refractivity contribution in [1.82, 2.24) is 4.31 Å². The van der Waals surface area contributed by atoms with Gasteiger partial charge >= 0.3 is 0 Å². The second kappa shape index (κ2) is 6.34. The smallest absolute Gasteiger partial charge is 0.228 e. The van der Waals surface area contributed by atoms with Crippen LogP contribution in [0, 0.1) is 11.6 Å². The molecular formula is C15H19F2NO4S2. The van der Waals surface area contributed by atoms with Crippen molar-refractivity contribution in [3.8, 4) is 0 Å². The lowest BCUT2D eigenvalue weighted by Gasteiger charge is -2.39. The van der Waals surface area contributed by atoms with E-state index < -0.39 is 46.9 Å². The Morgan fingerprint density at radius 2 is 1.38 bits per heavy atom. The zero-order chi connectivity index (χ0) is 17.5. The van der Waals surface area contributed by atoms with Crippen molar-refractivity contribution in [3.05, 3.63) is 29.8 Å². The predicted octanol–water partition coefficient (Wildman–Crippen LogP) is 2.09. The van der Waals surface area contributed by atoms with Crippen molar-refractivity contribution in [2.45, 2.75) is 47.5 Å². The summed E-state index contributed by atoms with van der Waals surface area (Å²) in [7, 11) is -7.45. The normalized spacial score (nSPS) is 21.6. The monoisotopic (exact) mass is 379 g/mol. The SMILES string of the molecule is O=S(=O)(C1CCCCC1)C1CN(S(=O)(=O)c2cc(F)cc(F)c2)C1. The summed E-state index contributed by atoms with van der Waals surface area (Å²) in [5.74, 6) is -1.97. The minimum Gasteiger partial charge on any atom is -0.228 e. The van der Waals surface area contributed by atoms with Gasteiger partial charge in [0.05, 0.1) is 15.4 Å². The molecule has 9 heteroatoms. The number of nitrogens with zero attached hydrogens (tertiary/aromatic N) is 1. The van der Waals surface area contributed by atoms with E-state index in [-0.39, 0.29) is 13.1 Å². The van der Waals surface area contributed by atoms with Gasteiger partial charge in [0.25, 0.3) is 0 Å². The molecule has 3 rings (SSSR count). The van der Waals surface area contributed by atoms with Crippen LogP contribution in [0.5, 0.6) is 0 Å². The predicted molar refractivity (Wildman–Crippen MR) is 84.7 cm³/mol. The second-order valence-corrected chi connectivity index (χ2v) is 10.8. The van der Waals surface area contributed by atoms with Gasteiger partial charge in [-0.05, 0) is 25.0 Å². The maximum atomic E-state index is 13.2. The van der Waals surface area contributed by atoms with E-state index in [1.165, 1.54) is 0 Å². The Hall–Kier alpha value is -1.06. The molecule has 0 radical (unpaired) electrons. The maximum Gasteiger partial charge on any atom is 0.243 e. The van der Waals surface area contributed by atoms with E-state index in [2.05, 4.69) is 0 Å². The Balaban J connectivity index is 1.73. The Morgan fingerprint density at radius 3 is 1.92 bits per heavy atom. The van der Waals surface area contributed by atoms with Crippen LogP contribution in [0.15, 0.2) is 23.1 Å². The molecule has 1 saturated heterocycles. The first-order valence-electron chi connectivity index (χ1n) is 7.90. The lowest BCUT2D eigenvalue weighted by molar-refractivity contribution is 0.306. The highest BCUT2D eigenvalue weighted by Gasteiger charge is 2.46. The molecule has 1 aliphatic heterocycles. The topological polar surface area (TPSA) is 71.5 Å². The van der Waals surface area contributed by atoms with E-state index in [0.717, 1.165) is 35.7 Å². The molecule has 24 heavy (non-hydrogen) atoms. The van der Waals surface area contributed by atoms with Crippen LogP contribution >= 0.6 is 0 Å². The minimum atomic E-state index is -4.08. The molecule has 0 atom stereocenters. The van der Waals surface area contributed by atoms with E-state index >= 15 is 0 Å². The molecule has 5 nitrogen and oxygen atoms in total. The molecule has 0 spiro atoms. The van der Waals surface area contributed by atoms with Crippen molar-refractivity contribution in [3.63, 3.8) is 0 Å². The standard InChI is InChI=1S/C15H19F2NO4S2/c16-11-6-12(17)8-14(7-11)24(21,22)18-9-15(10-18)23(19,20)13-4-2-1-3-5-13/h6-8,13,15H,1-5,9-10H2. The summed E-state index contributed by atoms with van der Waals surface area (Å²) in [6, 6.07) is 2.06. The number of hydrogen-bond acceptors (Lipinski definition) is 4. The fraction of sp³-hybridized carbons (Fsp3) is 0.600. The third kappa shape index (κ3) is 3.21. The molecule has 1 heterocycles. The zero-order valence-corrected chi connectivity index (χ0v) is 14.6. The molecule has 0 N–H and O–H groups in total. The summed E-state index contributed by atoms with van der Waals surface area (Å²) in [6.07, 6.45) is 4.03. The number of benzene rings is 1. The molecule has 134 valence electrons. The van der Waals surface area contributed by atoms with Crippen molar-refractivity contribution in [2.75, 3.05) is 13.1 Å². The Kier molecular flexibility index (Phi) is 4.69. The van der Waals surface area contributed by atoms with E-state index in [9.17, 15) is 25.6 Å². The molecule has 1 aliphatic carbocycles. The van der Waals surface area contributed by atoms with Gasteiger partial charge in [-0.1, -0.05) is 19.3 Å². The lowest BCUT2D eigenvalue weighted by Crippen LogP contribution is -2.58.